The summed E-state index contributed by atoms with van der Waals surface area (Å²) in [5.41, 5.74) is 5.94. The third-order valence-electron chi connectivity index (χ3n) is 3.19. The summed E-state index contributed by atoms with van der Waals surface area (Å²) >= 11 is 0. The van der Waals surface area contributed by atoms with E-state index in [0.717, 1.165) is 0 Å². The molecule has 2 N–H and O–H groups in total. The quantitative estimate of drug-likeness (QED) is 0.647. The largest absolute Gasteiger partial charge is 0.326 e. The van der Waals surface area contributed by atoms with Gasteiger partial charge in [0.1, 0.15) is 0 Å². The first-order valence-corrected chi connectivity index (χ1v) is 7.27. The summed E-state index contributed by atoms with van der Waals surface area (Å²) in [7, 11) is -3.61. The van der Waals surface area contributed by atoms with Gasteiger partial charge in [-0.05, 0) is 25.5 Å². The zero-order valence-corrected chi connectivity index (χ0v) is 11.3. The average molecular weight is 285 g/mol. The van der Waals surface area contributed by atoms with Gasteiger partial charge in [-0.15, -0.1) is 0 Å². The van der Waals surface area contributed by atoms with Crippen molar-refractivity contribution in [3.63, 3.8) is 0 Å². The van der Waals surface area contributed by atoms with Crippen LogP contribution < -0.4 is 5.73 Å². The first-order valence-electron chi connectivity index (χ1n) is 5.83. The molecule has 0 radical (unpaired) electrons. The molecule has 1 aliphatic heterocycles. The average Bonchev–Trinajstić information content (AvgIpc) is 2.76. The lowest BCUT2D eigenvalue weighted by Gasteiger charge is -2.16. The molecule has 0 unspecified atom stereocenters. The van der Waals surface area contributed by atoms with Crippen molar-refractivity contribution in [2.24, 2.45) is 5.73 Å². The van der Waals surface area contributed by atoms with Crippen molar-refractivity contribution in [1.82, 2.24) is 4.31 Å². The SMILES string of the molecule is Cc1cc(S(=O)(=O)N2CC[C@@H](N)C2)ccc1[N+](=O)[O-]. The third kappa shape index (κ3) is 2.60. The van der Waals surface area contributed by atoms with Gasteiger partial charge in [0.15, 0.2) is 0 Å². The summed E-state index contributed by atoms with van der Waals surface area (Å²) in [6.45, 7) is 2.20. The van der Waals surface area contributed by atoms with Crippen LogP contribution in [0.25, 0.3) is 0 Å². The zero-order chi connectivity index (χ0) is 14.2. The molecule has 1 aromatic rings. The Balaban J connectivity index is 2.36. The Morgan fingerprint density at radius 2 is 2.16 bits per heavy atom. The number of sulfonamides is 1. The van der Waals surface area contributed by atoms with Gasteiger partial charge in [0.2, 0.25) is 10.0 Å². The molecule has 0 saturated carbocycles. The fraction of sp³-hybridized carbons (Fsp3) is 0.455. The van der Waals surface area contributed by atoms with Gasteiger partial charge in [0, 0.05) is 30.8 Å². The first-order chi connectivity index (χ1) is 8.82. The van der Waals surface area contributed by atoms with E-state index in [-0.39, 0.29) is 16.6 Å². The van der Waals surface area contributed by atoms with Gasteiger partial charge < -0.3 is 5.73 Å². The molecule has 8 heteroatoms. The molecule has 2 rings (SSSR count). The number of nitrogens with zero attached hydrogens (tertiary/aromatic N) is 2. The van der Waals surface area contributed by atoms with E-state index in [4.69, 9.17) is 5.73 Å². The summed E-state index contributed by atoms with van der Waals surface area (Å²) in [6.07, 6.45) is 0.630. The Kier molecular flexibility index (Phi) is 3.57. The highest BCUT2D eigenvalue weighted by Gasteiger charge is 2.31. The Labute approximate surface area is 111 Å². The predicted octanol–water partition coefficient (Wildman–Crippen LogP) is 0.625. The molecule has 1 aliphatic rings. The molecule has 0 aliphatic carbocycles. The second kappa shape index (κ2) is 4.87. The Morgan fingerprint density at radius 1 is 1.47 bits per heavy atom. The lowest BCUT2D eigenvalue weighted by molar-refractivity contribution is -0.385. The van der Waals surface area contributed by atoms with Crippen LogP contribution >= 0.6 is 0 Å². The minimum Gasteiger partial charge on any atom is -0.326 e. The monoisotopic (exact) mass is 285 g/mol. The van der Waals surface area contributed by atoms with Gasteiger partial charge in [-0.3, -0.25) is 10.1 Å². The molecule has 0 amide bonds. The first kappa shape index (κ1) is 13.9. The number of rotatable bonds is 3. The molecular weight excluding hydrogens is 270 g/mol. The van der Waals surface area contributed by atoms with Gasteiger partial charge in [0.05, 0.1) is 9.82 Å². The summed E-state index contributed by atoms with van der Waals surface area (Å²) in [6, 6.07) is 3.67. The number of benzene rings is 1. The van der Waals surface area contributed by atoms with E-state index in [1.807, 2.05) is 0 Å². The van der Waals surface area contributed by atoms with Crippen molar-refractivity contribution in [1.29, 1.82) is 0 Å². The Morgan fingerprint density at radius 3 is 2.63 bits per heavy atom. The van der Waals surface area contributed by atoms with Gasteiger partial charge in [-0.25, -0.2) is 8.42 Å². The van der Waals surface area contributed by atoms with E-state index in [0.29, 0.717) is 25.1 Å². The molecule has 1 heterocycles. The highest BCUT2D eigenvalue weighted by atomic mass is 32.2. The number of aryl methyl sites for hydroxylation is 1. The van der Waals surface area contributed by atoms with Crippen molar-refractivity contribution >= 4 is 15.7 Å². The van der Waals surface area contributed by atoms with Crippen LogP contribution in [0.15, 0.2) is 23.1 Å². The molecule has 1 aromatic carbocycles. The smallest absolute Gasteiger partial charge is 0.272 e. The molecule has 1 fully saturated rings. The van der Waals surface area contributed by atoms with Crippen molar-refractivity contribution < 1.29 is 13.3 Å². The molecule has 7 nitrogen and oxygen atoms in total. The maximum atomic E-state index is 12.3. The lowest BCUT2D eigenvalue weighted by Crippen LogP contribution is -2.32. The van der Waals surface area contributed by atoms with Crippen LogP contribution in [0.1, 0.15) is 12.0 Å². The van der Waals surface area contributed by atoms with E-state index in [1.165, 1.54) is 29.4 Å². The Bertz CT molecular complexity index is 614. The Hall–Kier alpha value is -1.51. The molecule has 19 heavy (non-hydrogen) atoms. The van der Waals surface area contributed by atoms with Crippen molar-refractivity contribution in [3.8, 4) is 0 Å². The molecule has 0 bridgehead atoms. The van der Waals surface area contributed by atoms with E-state index in [2.05, 4.69) is 0 Å². The normalized spacial score (nSPS) is 20.6. The molecule has 1 atom stereocenters. The van der Waals surface area contributed by atoms with Gasteiger partial charge in [0.25, 0.3) is 5.69 Å². The van der Waals surface area contributed by atoms with Crippen molar-refractivity contribution in [2.45, 2.75) is 24.3 Å². The number of nitro groups is 1. The third-order valence-corrected chi connectivity index (χ3v) is 5.05. The predicted molar refractivity (Wildman–Crippen MR) is 69.2 cm³/mol. The molecular formula is C11H15N3O4S. The summed E-state index contributed by atoms with van der Waals surface area (Å²) < 4.78 is 25.9. The summed E-state index contributed by atoms with van der Waals surface area (Å²) in [5.74, 6) is 0. The van der Waals surface area contributed by atoms with Crippen LogP contribution in [0.2, 0.25) is 0 Å². The van der Waals surface area contributed by atoms with Gasteiger partial charge in [-0.1, -0.05) is 0 Å². The van der Waals surface area contributed by atoms with Gasteiger partial charge >= 0.3 is 0 Å². The minimum absolute atomic E-state index is 0.0738. The van der Waals surface area contributed by atoms with E-state index < -0.39 is 14.9 Å². The second-order valence-electron chi connectivity index (χ2n) is 4.62. The molecule has 0 aromatic heterocycles. The number of hydrogen-bond acceptors (Lipinski definition) is 5. The van der Waals surface area contributed by atoms with E-state index >= 15 is 0 Å². The molecule has 0 spiro atoms. The van der Waals surface area contributed by atoms with Crippen molar-refractivity contribution in [2.75, 3.05) is 13.1 Å². The van der Waals surface area contributed by atoms with E-state index in [1.54, 1.807) is 0 Å². The summed E-state index contributed by atoms with van der Waals surface area (Å²) in [5, 5.41) is 10.7. The fourth-order valence-electron chi connectivity index (χ4n) is 2.11. The van der Waals surface area contributed by atoms with Gasteiger partial charge in [-0.2, -0.15) is 4.31 Å². The molecule has 1 saturated heterocycles. The van der Waals surface area contributed by atoms with E-state index in [9.17, 15) is 18.5 Å². The standard InChI is InChI=1S/C11H15N3O4S/c1-8-6-10(2-3-11(8)14(15)16)19(17,18)13-5-4-9(12)7-13/h2-3,6,9H,4-5,7,12H2,1H3/t9-/m1/s1. The summed E-state index contributed by atoms with van der Waals surface area (Å²) in [4.78, 5) is 10.3. The van der Waals surface area contributed by atoms with Crippen LogP contribution in [0, 0.1) is 17.0 Å². The maximum absolute atomic E-state index is 12.3. The van der Waals surface area contributed by atoms with Crippen molar-refractivity contribution in [3.05, 3.63) is 33.9 Å². The highest BCUT2D eigenvalue weighted by Crippen LogP contribution is 2.25. The molecule has 104 valence electrons. The van der Waals surface area contributed by atoms with Crippen LogP contribution in [-0.4, -0.2) is 36.8 Å². The number of nitrogens with two attached hydrogens (primary N) is 1. The van der Waals surface area contributed by atoms with Crippen LogP contribution in [0.5, 0.6) is 0 Å². The second-order valence-corrected chi connectivity index (χ2v) is 6.56. The van der Waals surface area contributed by atoms with Crippen LogP contribution in [0.4, 0.5) is 5.69 Å². The van der Waals surface area contributed by atoms with Crippen LogP contribution in [0.3, 0.4) is 0 Å². The topological polar surface area (TPSA) is 107 Å². The zero-order valence-electron chi connectivity index (χ0n) is 10.4. The highest BCUT2D eigenvalue weighted by molar-refractivity contribution is 7.89. The maximum Gasteiger partial charge on any atom is 0.272 e. The lowest BCUT2D eigenvalue weighted by atomic mass is 10.2. The van der Waals surface area contributed by atoms with Crippen LogP contribution in [-0.2, 0) is 10.0 Å². The number of hydrogen-bond donors (Lipinski definition) is 1. The number of nitro benzene ring substituents is 1. The fourth-order valence-corrected chi connectivity index (χ4v) is 3.71. The minimum atomic E-state index is -3.61.